The third-order valence-electron chi connectivity index (χ3n) is 2.91. The second-order valence-electron chi connectivity index (χ2n) is 4.56. The molecule has 1 aliphatic carbocycles. The summed E-state index contributed by atoms with van der Waals surface area (Å²) in [7, 11) is 1.64. The molecule has 3 heteroatoms. The number of benzene rings is 1. The van der Waals surface area contributed by atoms with Crippen LogP contribution in [0.5, 0.6) is 5.75 Å². The van der Waals surface area contributed by atoms with Gasteiger partial charge in [0.1, 0.15) is 5.75 Å². The maximum Gasteiger partial charge on any atom is 0.330 e. The fourth-order valence-corrected chi connectivity index (χ4v) is 1.55. The van der Waals surface area contributed by atoms with Crippen molar-refractivity contribution in [3.63, 3.8) is 0 Å². The second kappa shape index (κ2) is 6.78. The Morgan fingerprint density at radius 2 is 2.00 bits per heavy atom. The van der Waals surface area contributed by atoms with E-state index in [4.69, 9.17) is 9.47 Å². The number of ether oxygens (including phenoxy) is 2. The molecule has 0 saturated heterocycles. The molecule has 2 rings (SSSR count). The average Bonchev–Trinajstić information content (AvgIpc) is 3.26. The van der Waals surface area contributed by atoms with Crippen LogP contribution in [-0.4, -0.2) is 19.7 Å². The Morgan fingerprint density at radius 3 is 2.63 bits per heavy atom. The fraction of sp³-hybridized carbons (Fsp3) is 0.312. The van der Waals surface area contributed by atoms with Crippen molar-refractivity contribution in [2.75, 3.05) is 13.7 Å². The third kappa shape index (κ3) is 5.00. The molecule has 0 atom stereocenters. The van der Waals surface area contributed by atoms with Gasteiger partial charge in [0.15, 0.2) is 0 Å². The van der Waals surface area contributed by atoms with Gasteiger partial charge in [0.05, 0.1) is 13.7 Å². The lowest BCUT2D eigenvalue weighted by Gasteiger charge is -1.98. The maximum atomic E-state index is 11.3. The predicted octanol–water partition coefficient (Wildman–Crippen LogP) is 3.22. The number of rotatable bonds is 6. The Labute approximate surface area is 113 Å². The Bertz CT molecular complexity index is 467. The molecule has 1 aliphatic rings. The summed E-state index contributed by atoms with van der Waals surface area (Å²) in [5.74, 6) is 1.16. The highest BCUT2D eigenvalue weighted by Gasteiger charge is 2.22. The predicted molar refractivity (Wildman–Crippen MR) is 74.9 cm³/mol. The van der Waals surface area contributed by atoms with Crippen LogP contribution in [0, 0.1) is 5.92 Å². The summed E-state index contributed by atoms with van der Waals surface area (Å²) in [6, 6.07) is 7.70. The van der Waals surface area contributed by atoms with Crippen molar-refractivity contribution in [2.24, 2.45) is 5.92 Å². The van der Waals surface area contributed by atoms with Crippen molar-refractivity contribution in [3.05, 3.63) is 48.1 Å². The minimum absolute atomic E-state index is 0.272. The number of hydrogen-bond donors (Lipinski definition) is 0. The molecule has 0 heterocycles. The van der Waals surface area contributed by atoms with Crippen LogP contribution in [0.1, 0.15) is 18.4 Å². The molecule has 19 heavy (non-hydrogen) atoms. The highest BCUT2D eigenvalue weighted by atomic mass is 16.5. The molecule has 0 spiro atoms. The van der Waals surface area contributed by atoms with Crippen molar-refractivity contribution in [1.29, 1.82) is 0 Å². The van der Waals surface area contributed by atoms with Gasteiger partial charge in [-0.05, 0) is 36.5 Å². The normalized spacial score (nSPS) is 15.0. The lowest BCUT2D eigenvalue weighted by molar-refractivity contribution is -0.138. The summed E-state index contributed by atoms with van der Waals surface area (Å²) < 4.78 is 10.2. The summed E-state index contributed by atoms with van der Waals surface area (Å²) >= 11 is 0. The van der Waals surface area contributed by atoms with Crippen LogP contribution in [0.3, 0.4) is 0 Å². The first kappa shape index (κ1) is 13.4. The lowest BCUT2D eigenvalue weighted by atomic mass is 10.2. The second-order valence-corrected chi connectivity index (χ2v) is 4.56. The molecule has 0 bridgehead atoms. The largest absolute Gasteiger partial charge is 0.497 e. The Hall–Kier alpha value is -2.03. The zero-order chi connectivity index (χ0) is 13.5. The Balaban J connectivity index is 1.75. The number of esters is 1. The molecule has 1 aromatic rings. The van der Waals surface area contributed by atoms with Gasteiger partial charge in [-0.3, -0.25) is 0 Å². The van der Waals surface area contributed by atoms with Crippen molar-refractivity contribution >= 4 is 12.0 Å². The molecular weight excluding hydrogens is 240 g/mol. The lowest BCUT2D eigenvalue weighted by Crippen LogP contribution is -2.03. The summed E-state index contributed by atoms with van der Waals surface area (Å²) in [5.41, 5.74) is 1.05. The van der Waals surface area contributed by atoms with Gasteiger partial charge >= 0.3 is 5.97 Å². The molecule has 0 aliphatic heterocycles. The topological polar surface area (TPSA) is 35.5 Å². The zero-order valence-corrected chi connectivity index (χ0v) is 11.0. The van der Waals surface area contributed by atoms with Crippen molar-refractivity contribution in [2.45, 2.75) is 12.8 Å². The number of methoxy groups -OCH3 is 1. The van der Waals surface area contributed by atoms with Gasteiger partial charge in [-0.15, -0.1) is 0 Å². The average molecular weight is 258 g/mol. The third-order valence-corrected chi connectivity index (χ3v) is 2.91. The van der Waals surface area contributed by atoms with Crippen molar-refractivity contribution in [3.8, 4) is 5.75 Å². The van der Waals surface area contributed by atoms with E-state index in [1.54, 1.807) is 13.2 Å². The fourth-order valence-electron chi connectivity index (χ4n) is 1.55. The van der Waals surface area contributed by atoms with E-state index in [0.717, 1.165) is 11.3 Å². The highest BCUT2D eigenvalue weighted by molar-refractivity contribution is 5.82. The smallest absolute Gasteiger partial charge is 0.330 e. The number of carbonyl (C=O) groups is 1. The van der Waals surface area contributed by atoms with E-state index in [2.05, 4.69) is 0 Å². The van der Waals surface area contributed by atoms with E-state index in [-0.39, 0.29) is 5.97 Å². The molecule has 0 N–H and O–H groups in total. The van der Waals surface area contributed by atoms with Crippen LogP contribution >= 0.6 is 0 Å². The van der Waals surface area contributed by atoms with E-state index in [0.29, 0.717) is 12.5 Å². The molecule has 0 unspecified atom stereocenters. The molecule has 3 nitrogen and oxygen atoms in total. The van der Waals surface area contributed by atoms with E-state index in [1.807, 2.05) is 36.4 Å². The quantitative estimate of drug-likeness (QED) is 0.446. The van der Waals surface area contributed by atoms with Crippen LogP contribution in [-0.2, 0) is 9.53 Å². The van der Waals surface area contributed by atoms with E-state index in [1.165, 1.54) is 18.9 Å². The molecule has 0 amide bonds. The number of hydrogen-bond acceptors (Lipinski definition) is 3. The molecule has 0 aromatic heterocycles. The van der Waals surface area contributed by atoms with Gasteiger partial charge in [-0.2, -0.15) is 0 Å². The number of carbonyl (C=O) groups excluding carboxylic acids is 1. The molecule has 1 aromatic carbocycles. The van der Waals surface area contributed by atoms with Gasteiger partial charge in [0.25, 0.3) is 0 Å². The molecule has 1 saturated carbocycles. The highest BCUT2D eigenvalue weighted by Crippen LogP contribution is 2.28. The minimum atomic E-state index is -0.272. The molecule has 100 valence electrons. The molecule has 1 fully saturated rings. The van der Waals surface area contributed by atoms with Crippen LogP contribution in [0.2, 0.25) is 0 Å². The minimum Gasteiger partial charge on any atom is -0.497 e. The maximum absolute atomic E-state index is 11.3. The summed E-state index contributed by atoms with van der Waals surface area (Å²) in [5, 5.41) is 0. The van der Waals surface area contributed by atoms with Crippen LogP contribution in [0.4, 0.5) is 0 Å². The summed E-state index contributed by atoms with van der Waals surface area (Å²) in [6.45, 7) is 0.561. The zero-order valence-electron chi connectivity index (χ0n) is 11.0. The molecule has 0 radical (unpaired) electrons. The van der Waals surface area contributed by atoms with Crippen molar-refractivity contribution in [1.82, 2.24) is 0 Å². The molecular formula is C16H18O3. The van der Waals surface area contributed by atoms with Crippen LogP contribution in [0.25, 0.3) is 6.08 Å². The van der Waals surface area contributed by atoms with Gasteiger partial charge in [0.2, 0.25) is 0 Å². The number of allylic oxidation sites excluding steroid dienone is 2. The van der Waals surface area contributed by atoms with Crippen molar-refractivity contribution < 1.29 is 14.3 Å². The van der Waals surface area contributed by atoms with Crippen LogP contribution in [0.15, 0.2) is 42.5 Å². The van der Waals surface area contributed by atoms with E-state index >= 15 is 0 Å². The van der Waals surface area contributed by atoms with Gasteiger partial charge < -0.3 is 9.47 Å². The van der Waals surface area contributed by atoms with E-state index in [9.17, 15) is 4.79 Å². The van der Waals surface area contributed by atoms with E-state index < -0.39 is 0 Å². The van der Waals surface area contributed by atoms with Gasteiger partial charge in [0, 0.05) is 6.08 Å². The standard InChI is InChI=1S/C16H18O3/c1-18-15-10-8-13(9-11-15)4-2-3-5-16(17)19-12-14-6-7-14/h2-5,8-11,14H,6-7,12H2,1H3. The first-order valence-electron chi connectivity index (χ1n) is 6.43. The summed E-state index contributed by atoms with van der Waals surface area (Å²) in [4.78, 5) is 11.3. The summed E-state index contributed by atoms with van der Waals surface area (Å²) in [6.07, 6.45) is 9.26. The first-order valence-corrected chi connectivity index (χ1v) is 6.43. The monoisotopic (exact) mass is 258 g/mol. The first-order chi connectivity index (χ1) is 9.28. The van der Waals surface area contributed by atoms with Gasteiger partial charge in [-0.25, -0.2) is 4.79 Å². The van der Waals surface area contributed by atoms with Gasteiger partial charge in [-0.1, -0.05) is 30.4 Å². The SMILES string of the molecule is COc1ccc(C=CC=CC(=O)OCC2CC2)cc1. The Kier molecular flexibility index (Phi) is 4.78. The van der Waals surface area contributed by atoms with Crippen LogP contribution < -0.4 is 4.74 Å². The Morgan fingerprint density at radius 1 is 1.26 bits per heavy atom.